The Morgan fingerprint density at radius 3 is 2.44 bits per heavy atom. The van der Waals surface area contributed by atoms with Crippen LogP contribution in [0.15, 0.2) is 0 Å². The van der Waals surface area contributed by atoms with Gasteiger partial charge < -0.3 is 5.32 Å². The minimum Gasteiger partial charge on any atom is -0.355 e. The Morgan fingerprint density at radius 2 is 1.88 bits per heavy atom. The third-order valence-corrected chi connectivity index (χ3v) is 3.41. The molecule has 0 aliphatic heterocycles. The summed E-state index contributed by atoms with van der Waals surface area (Å²) in [6, 6.07) is 0.620. The number of carbonyl (C=O) groups excluding carboxylic acids is 1. The molecule has 0 heterocycles. The minimum atomic E-state index is 0.175. The van der Waals surface area contributed by atoms with Gasteiger partial charge >= 0.3 is 0 Å². The lowest BCUT2D eigenvalue weighted by molar-refractivity contribution is -0.122. The van der Waals surface area contributed by atoms with E-state index in [1.807, 2.05) is 0 Å². The van der Waals surface area contributed by atoms with E-state index in [0.29, 0.717) is 12.6 Å². The van der Waals surface area contributed by atoms with E-state index in [-0.39, 0.29) is 5.91 Å². The Bertz CT molecular complexity index is 198. The van der Waals surface area contributed by atoms with E-state index in [1.54, 1.807) is 0 Å². The van der Waals surface area contributed by atoms with Crippen LogP contribution in [0.4, 0.5) is 0 Å². The normalized spacial score (nSPS) is 18.4. The van der Waals surface area contributed by atoms with Gasteiger partial charge in [-0.1, -0.05) is 32.6 Å². The molecule has 0 spiro atoms. The van der Waals surface area contributed by atoms with Crippen molar-refractivity contribution in [3.8, 4) is 0 Å². The van der Waals surface area contributed by atoms with Crippen molar-refractivity contribution in [3.63, 3.8) is 0 Å². The summed E-state index contributed by atoms with van der Waals surface area (Å²) in [5.74, 6) is 0.175. The van der Waals surface area contributed by atoms with Crippen LogP contribution in [0, 0.1) is 0 Å². The van der Waals surface area contributed by atoms with E-state index in [4.69, 9.17) is 0 Å². The number of amides is 1. The molecule has 0 aromatic carbocycles. The predicted octanol–water partition coefficient (Wildman–Crippen LogP) is 2.17. The zero-order chi connectivity index (χ0) is 11.8. The van der Waals surface area contributed by atoms with E-state index >= 15 is 0 Å². The molecule has 1 N–H and O–H groups in total. The fourth-order valence-corrected chi connectivity index (χ4v) is 2.37. The smallest absolute Gasteiger partial charge is 0.234 e. The first kappa shape index (κ1) is 13.5. The lowest BCUT2D eigenvalue weighted by Gasteiger charge is -2.26. The second kappa shape index (κ2) is 7.66. The van der Waals surface area contributed by atoms with Crippen LogP contribution in [0.25, 0.3) is 0 Å². The zero-order valence-corrected chi connectivity index (χ0v) is 10.8. The molecule has 0 bridgehead atoms. The number of nitrogens with zero attached hydrogens (tertiary/aromatic N) is 1. The van der Waals surface area contributed by atoms with Gasteiger partial charge in [-0.25, -0.2) is 0 Å². The molecule has 3 heteroatoms. The maximum Gasteiger partial charge on any atom is 0.234 e. The molecule has 1 aliphatic carbocycles. The van der Waals surface area contributed by atoms with Gasteiger partial charge in [0, 0.05) is 12.6 Å². The first-order valence-corrected chi connectivity index (χ1v) is 6.71. The minimum absolute atomic E-state index is 0.175. The van der Waals surface area contributed by atoms with Crippen LogP contribution >= 0.6 is 0 Å². The molecule has 16 heavy (non-hydrogen) atoms. The van der Waals surface area contributed by atoms with Crippen LogP contribution in [0.1, 0.15) is 51.9 Å². The molecule has 0 radical (unpaired) electrons. The van der Waals surface area contributed by atoms with E-state index in [2.05, 4.69) is 24.2 Å². The average molecular weight is 226 g/mol. The highest BCUT2D eigenvalue weighted by atomic mass is 16.2. The van der Waals surface area contributed by atoms with Crippen molar-refractivity contribution in [2.24, 2.45) is 0 Å². The lowest BCUT2D eigenvalue weighted by atomic mass is 10.1. The summed E-state index contributed by atoms with van der Waals surface area (Å²) in [4.78, 5) is 13.8. The third kappa shape index (κ3) is 4.97. The maximum atomic E-state index is 11.6. The van der Waals surface area contributed by atoms with Crippen LogP contribution in [0.5, 0.6) is 0 Å². The van der Waals surface area contributed by atoms with Gasteiger partial charge in [-0.3, -0.25) is 9.69 Å². The standard InChI is InChI=1S/C13H26N2O/c1-3-10-14-13(16)11-15(2)12-8-6-4-5-7-9-12/h12H,3-11H2,1-2H3,(H,14,16). The summed E-state index contributed by atoms with van der Waals surface area (Å²) in [5.41, 5.74) is 0. The molecule has 0 unspecified atom stereocenters. The maximum absolute atomic E-state index is 11.6. The predicted molar refractivity (Wildman–Crippen MR) is 67.4 cm³/mol. The molecule has 94 valence electrons. The van der Waals surface area contributed by atoms with Gasteiger partial charge in [-0.05, 0) is 26.3 Å². The Kier molecular flexibility index (Phi) is 6.46. The quantitative estimate of drug-likeness (QED) is 0.729. The number of carbonyl (C=O) groups is 1. The molecule has 1 rings (SSSR count). The highest BCUT2D eigenvalue weighted by Gasteiger charge is 2.18. The van der Waals surface area contributed by atoms with Crippen molar-refractivity contribution in [3.05, 3.63) is 0 Å². The highest BCUT2D eigenvalue weighted by molar-refractivity contribution is 5.77. The molecule has 1 saturated carbocycles. The molecule has 0 aromatic rings. The SMILES string of the molecule is CCCNC(=O)CN(C)C1CCCCCC1. The molecule has 1 aliphatic rings. The summed E-state index contributed by atoms with van der Waals surface area (Å²) in [5, 5.41) is 2.94. The average Bonchev–Trinajstić information content (AvgIpc) is 2.54. The van der Waals surface area contributed by atoms with Crippen molar-refractivity contribution in [1.82, 2.24) is 10.2 Å². The molecule has 1 fully saturated rings. The fourth-order valence-electron chi connectivity index (χ4n) is 2.37. The lowest BCUT2D eigenvalue weighted by Crippen LogP contribution is -2.40. The van der Waals surface area contributed by atoms with Crippen molar-refractivity contribution in [2.45, 2.75) is 57.9 Å². The largest absolute Gasteiger partial charge is 0.355 e. The Morgan fingerprint density at radius 1 is 1.25 bits per heavy atom. The van der Waals surface area contributed by atoms with Crippen molar-refractivity contribution >= 4 is 5.91 Å². The number of hydrogen-bond acceptors (Lipinski definition) is 2. The number of hydrogen-bond donors (Lipinski definition) is 1. The van der Waals surface area contributed by atoms with Gasteiger partial charge in [0.05, 0.1) is 6.54 Å². The summed E-state index contributed by atoms with van der Waals surface area (Å²) in [6.45, 7) is 3.44. The van der Waals surface area contributed by atoms with Gasteiger partial charge in [-0.15, -0.1) is 0 Å². The second-order valence-corrected chi connectivity index (χ2v) is 4.91. The van der Waals surface area contributed by atoms with Crippen LogP contribution in [0.3, 0.4) is 0 Å². The Hall–Kier alpha value is -0.570. The monoisotopic (exact) mass is 226 g/mol. The first-order chi connectivity index (χ1) is 7.74. The van der Waals surface area contributed by atoms with Crippen LogP contribution in [-0.2, 0) is 4.79 Å². The van der Waals surface area contributed by atoms with Crippen molar-refractivity contribution in [2.75, 3.05) is 20.1 Å². The molecule has 1 amide bonds. The summed E-state index contributed by atoms with van der Waals surface area (Å²) in [6.07, 6.45) is 8.92. The van der Waals surface area contributed by atoms with E-state index in [1.165, 1.54) is 38.5 Å². The molecular formula is C13H26N2O. The molecule has 0 aromatic heterocycles. The third-order valence-electron chi connectivity index (χ3n) is 3.41. The molecule has 0 saturated heterocycles. The van der Waals surface area contributed by atoms with Crippen LogP contribution < -0.4 is 5.32 Å². The molecule has 0 atom stereocenters. The first-order valence-electron chi connectivity index (χ1n) is 6.71. The van der Waals surface area contributed by atoms with Gasteiger partial charge in [0.2, 0.25) is 5.91 Å². The zero-order valence-electron chi connectivity index (χ0n) is 10.8. The second-order valence-electron chi connectivity index (χ2n) is 4.91. The number of likely N-dealkylation sites (N-methyl/N-ethyl adjacent to an activating group) is 1. The van der Waals surface area contributed by atoms with E-state index in [0.717, 1.165) is 13.0 Å². The van der Waals surface area contributed by atoms with Crippen LogP contribution in [0.2, 0.25) is 0 Å². The van der Waals surface area contributed by atoms with Crippen molar-refractivity contribution in [1.29, 1.82) is 0 Å². The number of rotatable bonds is 5. The molecule has 3 nitrogen and oxygen atoms in total. The van der Waals surface area contributed by atoms with Gasteiger partial charge in [0.25, 0.3) is 0 Å². The van der Waals surface area contributed by atoms with Crippen molar-refractivity contribution < 1.29 is 4.79 Å². The Balaban J connectivity index is 2.26. The summed E-state index contributed by atoms with van der Waals surface area (Å²) < 4.78 is 0. The summed E-state index contributed by atoms with van der Waals surface area (Å²) >= 11 is 0. The topological polar surface area (TPSA) is 32.3 Å². The Labute approximate surface area is 99.6 Å². The van der Waals surface area contributed by atoms with E-state index in [9.17, 15) is 4.79 Å². The summed E-state index contributed by atoms with van der Waals surface area (Å²) in [7, 11) is 2.08. The highest BCUT2D eigenvalue weighted by Crippen LogP contribution is 2.20. The molecular weight excluding hydrogens is 200 g/mol. The number of nitrogens with one attached hydrogen (secondary N) is 1. The van der Waals surface area contributed by atoms with E-state index < -0.39 is 0 Å². The van der Waals surface area contributed by atoms with Gasteiger partial charge in [-0.2, -0.15) is 0 Å². The van der Waals surface area contributed by atoms with Crippen LogP contribution in [-0.4, -0.2) is 37.0 Å². The van der Waals surface area contributed by atoms with Gasteiger partial charge in [0.1, 0.15) is 0 Å². The fraction of sp³-hybridized carbons (Fsp3) is 0.923. The van der Waals surface area contributed by atoms with Gasteiger partial charge in [0.15, 0.2) is 0 Å².